The Kier molecular flexibility index (Phi) is 4.94. The molecule has 1 fully saturated rings. The van der Waals surface area contributed by atoms with Gasteiger partial charge in [0.05, 0.1) is 23.6 Å². The summed E-state index contributed by atoms with van der Waals surface area (Å²) < 4.78 is 28.5. The van der Waals surface area contributed by atoms with Crippen molar-refractivity contribution in [1.29, 1.82) is 0 Å². The minimum Gasteiger partial charge on any atom is -0.361 e. The minimum absolute atomic E-state index is 0.0507. The lowest BCUT2D eigenvalue weighted by molar-refractivity contribution is -0.133. The summed E-state index contributed by atoms with van der Waals surface area (Å²) in [6.45, 7) is 8.23. The number of nitrogens with zero attached hydrogens (tertiary/aromatic N) is 2. The van der Waals surface area contributed by atoms with Crippen molar-refractivity contribution in [3.8, 4) is 0 Å². The number of aryl methyl sites for hydroxylation is 2. The fraction of sp³-hybridized carbons (Fsp3) is 0.733. The van der Waals surface area contributed by atoms with Crippen molar-refractivity contribution in [3.05, 3.63) is 17.0 Å². The van der Waals surface area contributed by atoms with Crippen LogP contribution >= 0.6 is 0 Å². The minimum atomic E-state index is -3.01. The molecule has 2 heterocycles. The summed E-state index contributed by atoms with van der Waals surface area (Å²) >= 11 is 0. The van der Waals surface area contributed by atoms with E-state index in [4.69, 9.17) is 4.52 Å². The number of amides is 1. The van der Waals surface area contributed by atoms with Crippen LogP contribution in [0.15, 0.2) is 4.52 Å². The number of aromatic nitrogens is 1. The number of carbonyl (C=O) groups is 1. The summed E-state index contributed by atoms with van der Waals surface area (Å²) in [4.78, 5) is 14.4. The van der Waals surface area contributed by atoms with Gasteiger partial charge in [-0.1, -0.05) is 19.0 Å². The molecule has 1 aliphatic heterocycles. The van der Waals surface area contributed by atoms with E-state index in [0.717, 1.165) is 11.3 Å². The highest BCUT2D eigenvalue weighted by Crippen LogP contribution is 2.21. The highest BCUT2D eigenvalue weighted by Gasteiger charge is 2.35. The van der Waals surface area contributed by atoms with Crippen LogP contribution in [-0.2, 0) is 21.1 Å². The van der Waals surface area contributed by atoms with E-state index in [9.17, 15) is 13.2 Å². The van der Waals surface area contributed by atoms with Crippen LogP contribution in [0, 0.1) is 19.8 Å². The Labute approximate surface area is 131 Å². The molecular weight excluding hydrogens is 304 g/mol. The molecule has 0 saturated carbocycles. The van der Waals surface area contributed by atoms with E-state index in [0.29, 0.717) is 18.7 Å². The quantitative estimate of drug-likeness (QED) is 0.818. The summed E-state index contributed by atoms with van der Waals surface area (Å²) in [6.07, 6.45) is 0.743. The van der Waals surface area contributed by atoms with Crippen LogP contribution < -0.4 is 0 Å². The van der Waals surface area contributed by atoms with Crippen molar-refractivity contribution in [2.75, 3.05) is 18.1 Å². The van der Waals surface area contributed by atoms with Gasteiger partial charge in [-0.15, -0.1) is 0 Å². The Morgan fingerprint density at radius 2 is 2.09 bits per heavy atom. The van der Waals surface area contributed by atoms with Gasteiger partial charge in [-0.3, -0.25) is 4.79 Å². The second-order valence-electron chi connectivity index (χ2n) is 6.48. The molecule has 1 amide bonds. The highest BCUT2D eigenvalue weighted by molar-refractivity contribution is 7.91. The maximum absolute atomic E-state index is 12.7. The summed E-state index contributed by atoms with van der Waals surface area (Å²) in [5.74, 6) is 1.13. The lowest BCUT2D eigenvalue weighted by Gasteiger charge is -2.30. The van der Waals surface area contributed by atoms with Gasteiger partial charge in [-0.2, -0.15) is 0 Å². The van der Waals surface area contributed by atoms with E-state index in [-0.39, 0.29) is 35.8 Å². The first-order valence-electron chi connectivity index (χ1n) is 7.61. The van der Waals surface area contributed by atoms with E-state index in [1.165, 1.54) is 0 Å². The van der Waals surface area contributed by atoms with Gasteiger partial charge in [0.2, 0.25) is 5.91 Å². The fourth-order valence-corrected chi connectivity index (χ4v) is 4.61. The zero-order valence-corrected chi connectivity index (χ0v) is 14.4. The van der Waals surface area contributed by atoms with Gasteiger partial charge in [0.25, 0.3) is 0 Å². The van der Waals surface area contributed by atoms with Crippen LogP contribution in [0.2, 0.25) is 0 Å². The second kappa shape index (κ2) is 6.40. The van der Waals surface area contributed by atoms with Gasteiger partial charge in [-0.05, 0) is 26.2 Å². The smallest absolute Gasteiger partial charge is 0.227 e. The molecule has 1 aromatic heterocycles. The SMILES string of the molecule is Cc1noc(C)c1CC(=O)N(CC(C)C)[C@@H]1CCS(=O)(=O)C1. The zero-order valence-electron chi connectivity index (χ0n) is 13.6. The Morgan fingerprint density at radius 1 is 1.41 bits per heavy atom. The number of hydrogen-bond acceptors (Lipinski definition) is 5. The standard InChI is InChI=1S/C15H24N2O4S/c1-10(2)8-17(13-5-6-22(19,20)9-13)15(18)7-14-11(3)16-21-12(14)4/h10,13H,5-9H2,1-4H3/t13-/m1/s1. The van der Waals surface area contributed by atoms with Gasteiger partial charge in [0.15, 0.2) is 9.84 Å². The van der Waals surface area contributed by atoms with Crippen LogP contribution in [-0.4, -0.2) is 48.5 Å². The van der Waals surface area contributed by atoms with Crippen molar-refractivity contribution < 1.29 is 17.7 Å². The Morgan fingerprint density at radius 3 is 2.55 bits per heavy atom. The molecule has 124 valence electrons. The molecule has 22 heavy (non-hydrogen) atoms. The number of carbonyl (C=O) groups excluding carboxylic acids is 1. The van der Waals surface area contributed by atoms with Crippen molar-refractivity contribution >= 4 is 15.7 Å². The predicted molar refractivity (Wildman–Crippen MR) is 83.3 cm³/mol. The van der Waals surface area contributed by atoms with Crippen molar-refractivity contribution in [3.63, 3.8) is 0 Å². The van der Waals surface area contributed by atoms with Crippen LogP contribution in [0.1, 0.15) is 37.3 Å². The monoisotopic (exact) mass is 328 g/mol. The molecular formula is C15H24N2O4S. The lowest BCUT2D eigenvalue weighted by Crippen LogP contribution is -2.44. The van der Waals surface area contributed by atoms with E-state index >= 15 is 0 Å². The molecule has 1 aromatic rings. The first kappa shape index (κ1) is 17.0. The number of sulfone groups is 1. The van der Waals surface area contributed by atoms with Crippen molar-refractivity contribution in [1.82, 2.24) is 10.1 Å². The van der Waals surface area contributed by atoms with Crippen molar-refractivity contribution in [2.45, 2.75) is 46.6 Å². The van der Waals surface area contributed by atoms with Gasteiger partial charge in [0, 0.05) is 18.2 Å². The normalized spacial score (nSPS) is 20.5. The third-order valence-electron chi connectivity index (χ3n) is 4.04. The van der Waals surface area contributed by atoms with Crippen LogP contribution in [0.5, 0.6) is 0 Å². The van der Waals surface area contributed by atoms with Gasteiger partial charge >= 0.3 is 0 Å². The lowest BCUT2D eigenvalue weighted by atomic mass is 10.1. The van der Waals surface area contributed by atoms with Gasteiger partial charge in [-0.25, -0.2) is 8.42 Å². The average Bonchev–Trinajstić information content (AvgIpc) is 2.92. The largest absolute Gasteiger partial charge is 0.361 e. The highest BCUT2D eigenvalue weighted by atomic mass is 32.2. The Balaban J connectivity index is 2.17. The summed E-state index contributed by atoms with van der Waals surface area (Å²) in [5, 5.41) is 3.87. The molecule has 6 nitrogen and oxygen atoms in total. The predicted octanol–water partition coefficient (Wildman–Crippen LogP) is 1.51. The fourth-order valence-electron chi connectivity index (χ4n) is 2.88. The number of rotatable bonds is 5. The van der Waals surface area contributed by atoms with Gasteiger partial charge in [0.1, 0.15) is 5.76 Å². The molecule has 0 bridgehead atoms. The second-order valence-corrected chi connectivity index (χ2v) is 8.71. The zero-order chi connectivity index (χ0) is 16.5. The molecule has 0 unspecified atom stereocenters. The van der Waals surface area contributed by atoms with Crippen LogP contribution in [0.4, 0.5) is 0 Å². The topological polar surface area (TPSA) is 80.5 Å². The van der Waals surface area contributed by atoms with E-state index in [1.54, 1.807) is 11.8 Å². The molecule has 0 N–H and O–H groups in total. The summed E-state index contributed by atoms with van der Waals surface area (Å²) in [6, 6.07) is -0.208. The number of hydrogen-bond donors (Lipinski definition) is 0. The maximum Gasteiger partial charge on any atom is 0.227 e. The molecule has 1 atom stereocenters. The van der Waals surface area contributed by atoms with E-state index in [1.807, 2.05) is 20.8 Å². The summed E-state index contributed by atoms with van der Waals surface area (Å²) in [7, 11) is -3.01. The first-order valence-corrected chi connectivity index (χ1v) is 9.43. The Hall–Kier alpha value is -1.37. The average molecular weight is 328 g/mol. The molecule has 1 aliphatic rings. The molecule has 0 aromatic carbocycles. The maximum atomic E-state index is 12.7. The van der Waals surface area contributed by atoms with Crippen LogP contribution in [0.3, 0.4) is 0 Å². The summed E-state index contributed by atoms with van der Waals surface area (Å²) in [5.41, 5.74) is 1.52. The third kappa shape index (κ3) is 3.88. The third-order valence-corrected chi connectivity index (χ3v) is 5.79. The van der Waals surface area contributed by atoms with Gasteiger partial charge < -0.3 is 9.42 Å². The van der Waals surface area contributed by atoms with Crippen molar-refractivity contribution in [2.24, 2.45) is 5.92 Å². The first-order chi connectivity index (χ1) is 10.2. The van der Waals surface area contributed by atoms with Crippen LogP contribution in [0.25, 0.3) is 0 Å². The molecule has 2 rings (SSSR count). The molecule has 1 saturated heterocycles. The Bertz CT molecular complexity index is 629. The van der Waals surface area contributed by atoms with E-state index < -0.39 is 9.84 Å². The molecule has 0 aliphatic carbocycles. The van der Waals surface area contributed by atoms with E-state index in [2.05, 4.69) is 5.16 Å². The molecule has 7 heteroatoms. The molecule has 0 radical (unpaired) electrons. The molecule has 0 spiro atoms.